The van der Waals surface area contributed by atoms with Crippen LogP contribution in [0.15, 0.2) is 0 Å². The Morgan fingerprint density at radius 3 is 2.69 bits per heavy atom. The van der Waals surface area contributed by atoms with Crippen LogP contribution in [0.5, 0.6) is 0 Å². The molecule has 1 fully saturated rings. The second kappa shape index (κ2) is 4.61. The minimum Gasteiger partial charge on any atom is -0.481 e. The zero-order chi connectivity index (χ0) is 9.84. The summed E-state index contributed by atoms with van der Waals surface area (Å²) in [4.78, 5) is 10.7. The molecule has 0 aromatic heterocycles. The van der Waals surface area contributed by atoms with Crippen LogP contribution >= 0.6 is 0 Å². The molecule has 3 atom stereocenters. The molecule has 3 heteroatoms. The van der Waals surface area contributed by atoms with Gasteiger partial charge in [-0.3, -0.25) is 4.79 Å². The van der Waals surface area contributed by atoms with Gasteiger partial charge in [0, 0.05) is 6.61 Å². The predicted octanol–water partition coefficient (Wildman–Crippen LogP) is 1.91. The number of hydrogen-bond donors (Lipinski definition) is 1. The third-order valence-corrected chi connectivity index (χ3v) is 2.82. The van der Waals surface area contributed by atoms with Gasteiger partial charge >= 0.3 is 5.97 Å². The molecule has 0 amide bonds. The van der Waals surface area contributed by atoms with Crippen LogP contribution < -0.4 is 0 Å². The van der Waals surface area contributed by atoms with E-state index in [1.165, 1.54) is 0 Å². The minimum atomic E-state index is -0.651. The van der Waals surface area contributed by atoms with Gasteiger partial charge in [-0.05, 0) is 32.1 Å². The van der Waals surface area contributed by atoms with E-state index in [-0.39, 0.29) is 12.0 Å². The van der Waals surface area contributed by atoms with Crippen molar-refractivity contribution in [2.24, 2.45) is 11.8 Å². The van der Waals surface area contributed by atoms with E-state index in [4.69, 9.17) is 9.84 Å². The Balaban J connectivity index is 2.41. The first-order chi connectivity index (χ1) is 6.15. The normalized spacial score (nSPS) is 34.5. The van der Waals surface area contributed by atoms with Crippen molar-refractivity contribution in [2.45, 2.75) is 39.2 Å². The molecule has 0 aliphatic heterocycles. The third kappa shape index (κ3) is 2.69. The van der Waals surface area contributed by atoms with Crippen molar-refractivity contribution in [3.63, 3.8) is 0 Å². The van der Waals surface area contributed by atoms with Crippen molar-refractivity contribution >= 4 is 5.97 Å². The quantitative estimate of drug-likeness (QED) is 0.732. The van der Waals surface area contributed by atoms with E-state index >= 15 is 0 Å². The van der Waals surface area contributed by atoms with Crippen LogP contribution in [0, 0.1) is 11.8 Å². The zero-order valence-corrected chi connectivity index (χ0v) is 8.32. The van der Waals surface area contributed by atoms with Crippen LogP contribution in [0.3, 0.4) is 0 Å². The Hall–Kier alpha value is -0.570. The topological polar surface area (TPSA) is 46.5 Å². The molecule has 0 bridgehead atoms. The van der Waals surface area contributed by atoms with Crippen molar-refractivity contribution in [3.05, 3.63) is 0 Å². The van der Waals surface area contributed by atoms with Crippen LogP contribution in [-0.4, -0.2) is 23.8 Å². The van der Waals surface area contributed by atoms with Gasteiger partial charge in [0.25, 0.3) is 0 Å². The van der Waals surface area contributed by atoms with E-state index in [0.717, 1.165) is 25.9 Å². The second-order valence-electron chi connectivity index (χ2n) is 3.82. The standard InChI is InChI=1S/C10H18O3/c1-3-13-9-5-4-8(10(11)12)6-7(9)2/h7-9H,3-6H2,1-2H3,(H,11,12)/t7-,8-,9-/m1/s1. The van der Waals surface area contributed by atoms with Crippen LogP contribution in [0.1, 0.15) is 33.1 Å². The molecule has 1 aliphatic rings. The van der Waals surface area contributed by atoms with Gasteiger partial charge in [0.1, 0.15) is 0 Å². The van der Waals surface area contributed by atoms with E-state index < -0.39 is 5.97 Å². The summed E-state index contributed by atoms with van der Waals surface area (Å²) >= 11 is 0. The van der Waals surface area contributed by atoms with E-state index in [2.05, 4.69) is 6.92 Å². The summed E-state index contributed by atoms with van der Waals surface area (Å²) in [7, 11) is 0. The molecule has 0 radical (unpaired) electrons. The molecule has 0 aromatic carbocycles. The van der Waals surface area contributed by atoms with Gasteiger partial charge in [0.05, 0.1) is 12.0 Å². The van der Waals surface area contributed by atoms with Crippen LogP contribution in [0.25, 0.3) is 0 Å². The Labute approximate surface area is 79.1 Å². The lowest BCUT2D eigenvalue weighted by molar-refractivity contribution is -0.145. The Morgan fingerprint density at radius 1 is 1.54 bits per heavy atom. The molecule has 0 aromatic rings. The summed E-state index contributed by atoms with van der Waals surface area (Å²) in [5.41, 5.74) is 0. The summed E-state index contributed by atoms with van der Waals surface area (Å²) in [6.45, 7) is 4.79. The molecule has 3 nitrogen and oxygen atoms in total. The van der Waals surface area contributed by atoms with Gasteiger partial charge in [-0.2, -0.15) is 0 Å². The fourth-order valence-corrected chi connectivity index (χ4v) is 2.05. The largest absolute Gasteiger partial charge is 0.481 e. The summed E-state index contributed by atoms with van der Waals surface area (Å²) < 4.78 is 5.53. The number of aliphatic carboxylic acids is 1. The summed E-state index contributed by atoms with van der Waals surface area (Å²) in [5.74, 6) is -0.414. The monoisotopic (exact) mass is 186 g/mol. The first-order valence-electron chi connectivity index (χ1n) is 4.99. The maximum Gasteiger partial charge on any atom is 0.306 e. The molecule has 1 saturated carbocycles. The maximum absolute atomic E-state index is 10.7. The molecule has 0 unspecified atom stereocenters. The predicted molar refractivity (Wildman–Crippen MR) is 49.6 cm³/mol. The van der Waals surface area contributed by atoms with Crippen molar-refractivity contribution < 1.29 is 14.6 Å². The number of ether oxygens (including phenoxy) is 1. The molecule has 0 saturated heterocycles. The number of hydrogen-bond acceptors (Lipinski definition) is 2. The van der Waals surface area contributed by atoms with Gasteiger partial charge in [0.15, 0.2) is 0 Å². The lowest BCUT2D eigenvalue weighted by Gasteiger charge is -2.31. The molecule has 1 N–H and O–H groups in total. The molecule has 1 rings (SSSR count). The molecule has 0 heterocycles. The van der Waals surface area contributed by atoms with Gasteiger partial charge in [-0.1, -0.05) is 6.92 Å². The van der Waals surface area contributed by atoms with E-state index in [1.807, 2.05) is 6.92 Å². The molecule has 1 aliphatic carbocycles. The molecule has 76 valence electrons. The van der Waals surface area contributed by atoms with Crippen molar-refractivity contribution in [1.82, 2.24) is 0 Å². The Kier molecular flexibility index (Phi) is 3.72. The lowest BCUT2D eigenvalue weighted by Crippen LogP contribution is -2.32. The SMILES string of the molecule is CCO[C@@H]1CC[C@@H](C(=O)O)C[C@H]1C. The first kappa shape index (κ1) is 10.5. The fourth-order valence-electron chi connectivity index (χ4n) is 2.05. The van der Waals surface area contributed by atoms with Gasteiger partial charge in [-0.25, -0.2) is 0 Å². The van der Waals surface area contributed by atoms with E-state index in [9.17, 15) is 4.79 Å². The molecule has 0 spiro atoms. The third-order valence-electron chi connectivity index (χ3n) is 2.82. The molecular weight excluding hydrogens is 168 g/mol. The van der Waals surface area contributed by atoms with Crippen LogP contribution in [0.2, 0.25) is 0 Å². The van der Waals surface area contributed by atoms with E-state index in [0.29, 0.717) is 5.92 Å². The fraction of sp³-hybridized carbons (Fsp3) is 0.900. The number of carboxylic acids is 1. The molecule has 13 heavy (non-hydrogen) atoms. The summed E-state index contributed by atoms with van der Waals surface area (Å²) in [6.07, 6.45) is 2.71. The van der Waals surface area contributed by atoms with Gasteiger partial charge in [0.2, 0.25) is 0 Å². The summed E-state index contributed by atoms with van der Waals surface area (Å²) in [6, 6.07) is 0. The minimum absolute atomic E-state index is 0.147. The Bertz CT molecular complexity index is 179. The van der Waals surface area contributed by atoms with Crippen LogP contribution in [0.4, 0.5) is 0 Å². The van der Waals surface area contributed by atoms with Gasteiger partial charge < -0.3 is 9.84 Å². The van der Waals surface area contributed by atoms with E-state index in [1.54, 1.807) is 0 Å². The average molecular weight is 186 g/mol. The highest BCUT2D eigenvalue weighted by Gasteiger charge is 2.31. The van der Waals surface area contributed by atoms with Crippen LogP contribution in [-0.2, 0) is 9.53 Å². The lowest BCUT2D eigenvalue weighted by atomic mass is 9.80. The highest BCUT2D eigenvalue weighted by atomic mass is 16.5. The first-order valence-corrected chi connectivity index (χ1v) is 4.99. The highest BCUT2D eigenvalue weighted by molar-refractivity contribution is 5.70. The van der Waals surface area contributed by atoms with Crippen molar-refractivity contribution in [3.8, 4) is 0 Å². The maximum atomic E-state index is 10.7. The van der Waals surface area contributed by atoms with Gasteiger partial charge in [-0.15, -0.1) is 0 Å². The summed E-state index contributed by atoms with van der Waals surface area (Å²) in [5, 5.41) is 8.83. The number of carboxylic acid groups (broad SMARTS) is 1. The second-order valence-corrected chi connectivity index (χ2v) is 3.82. The van der Waals surface area contributed by atoms with Crippen molar-refractivity contribution in [1.29, 1.82) is 0 Å². The molecular formula is C10H18O3. The zero-order valence-electron chi connectivity index (χ0n) is 8.32. The average Bonchev–Trinajstić information content (AvgIpc) is 2.08. The van der Waals surface area contributed by atoms with Crippen molar-refractivity contribution in [2.75, 3.05) is 6.61 Å². The highest BCUT2D eigenvalue weighted by Crippen LogP contribution is 2.30. The Morgan fingerprint density at radius 2 is 2.23 bits per heavy atom. The number of rotatable bonds is 3. The number of carbonyl (C=O) groups is 1. The smallest absolute Gasteiger partial charge is 0.306 e.